The van der Waals surface area contributed by atoms with Gasteiger partial charge in [-0.25, -0.2) is 4.79 Å². The molecule has 1 aromatic rings. The molecule has 1 saturated heterocycles. The normalized spacial score (nSPS) is 45.5. The monoisotopic (exact) mass is 408 g/mol. The van der Waals surface area contributed by atoms with Gasteiger partial charge in [0.2, 0.25) is 0 Å². The van der Waals surface area contributed by atoms with Gasteiger partial charge in [-0.15, -0.1) is 0 Å². The van der Waals surface area contributed by atoms with Crippen LogP contribution in [0.15, 0.2) is 30.3 Å². The summed E-state index contributed by atoms with van der Waals surface area (Å²) in [6.45, 7) is 4.31. The molecule has 2 N–H and O–H groups in total. The van der Waals surface area contributed by atoms with Gasteiger partial charge in [0.05, 0.1) is 5.41 Å². The molecule has 5 nitrogen and oxygen atoms in total. The Labute approximate surface area is 178 Å². The van der Waals surface area contributed by atoms with Crippen LogP contribution < -0.4 is 10.6 Å². The molecule has 0 radical (unpaired) electrons. The molecule has 6 unspecified atom stereocenters. The van der Waals surface area contributed by atoms with Crippen LogP contribution in [-0.4, -0.2) is 31.2 Å². The molecule has 1 aliphatic heterocycles. The van der Waals surface area contributed by atoms with Crippen molar-refractivity contribution in [3.63, 3.8) is 0 Å². The van der Waals surface area contributed by atoms with Gasteiger partial charge in [-0.3, -0.25) is 4.79 Å². The zero-order valence-electron chi connectivity index (χ0n) is 17.8. The molecule has 5 heteroatoms. The summed E-state index contributed by atoms with van der Waals surface area (Å²) >= 11 is 0. The minimum atomic E-state index is -0.538. The predicted octanol–water partition coefficient (Wildman–Crippen LogP) is 3.92. The summed E-state index contributed by atoms with van der Waals surface area (Å²) in [5.41, 5.74) is 1.24. The van der Waals surface area contributed by atoms with Gasteiger partial charge in [-0.2, -0.15) is 0 Å². The van der Waals surface area contributed by atoms with Crippen LogP contribution in [0.2, 0.25) is 0 Å². The van der Waals surface area contributed by atoms with Crippen molar-refractivity contribution >= 4 is 12.1 Å². The molecule has 160 valence electrons. The van der Waals surface area contributed by atoms with Crippen LogP contribution >= 0.6 is 0 Å². The van der Waals surface area contributed by atoms with Crippen LogP contribution in [0.1, 0.15) is 63.9 Å². The van der Waals surface area contributed by atoms with Crippen LogP contribution in [0.25, 0.3) is 0 Å². The number of hydrogen-bond acceptors (Lipinski definition) is 4. The number of hydrogen-bond donors (Lipinski definition) is 2. The molecule has 5 aliphatic carbocycles. The lowest BCUT2D eigenvalue weighted by Gasteiger charge is -2.65. The minimum absolute atomic E-state index is 0.0426. The molecule has 1 heterocycles. The standard InChI is InChI=1S/C25H32N2O3/c1-22-9-17-10-24(13-22,18-5-3-2-4-6-18)15-25(11-17,14-22)20(28)30-21(29)27-19-12-23(19)7-8-26-16-23/h2-6,17,19,26H,7-16H2,1H3,(H,27,29). The lowest BCUT2D eigenvalue weighted by Crippen LogP contribution is -2.60. The smallest absolute Gasteiger partial charge is 0.376 e. The van der Waals surface area contributed by atoms with Crippen LogP contribution in [0.5, 0.6) is 0 Å². The Morgan fingerprint density at radius 3 is 2.63 bits per heavy atom. The van der Waals surface area contributed by atoms with Crippen molar-refractivity contribution < 1.29 is 14.3 Å². The van der Waals surface area contributed by atoms with Crippen LogP contribution in [0, 0.1) is 22.2 Å². The average Bonchev–Trinajstić information content (AvgIpc) is 3.12. The van der Waals surface area contributed by atoms with E-state index in [1.165, 1.54) is 12.0 Å². The minimum Gasteiger partial charge on any atom is -0.376 e. The Bertz CT molecular complexity index is 895. The van der Waals surface area contributed by atoms with E-state index in [-0.39, 0.29) is 28.3 Å². The highest BCUT2D eigenvalue weighted by Gasteiger charge is 2.65. The number of alkyl carbamates (subject to hydrolysis) is 1. The second-order valence-electron chi connectivity index (χ2n) is 11.6. The van der Waals surface area contributed by atoms with Crippen LogP contribution in [0.4, 0.5) is 4.79 Å². The summed E-state index contributed by atoms with van der Waals surface area (Å²) < 4.78 is 5.51. The number of carbonyl (C=O) groups excluding carboxylic acids is 2. The highest BCUT2D eigenvalue weighted by atomic mass is 16.6. The molecule has 0 aromatic heterocycles. The van der Waals surface area contributed by atoms with Gasteiger partial charge in [-0.1, -0.05) is 37.3 Å². The van der Waals surface area contributed by atoms with E-state index in [1.54, 1.807) is 0 Å². The van der Waals surface area contributed by atoms with Gasteiger partial charge in [0.25, 0.3) is 0 Å². The van der Waals surface area contributed by atoms with Crippen molar-refractivity contribution in [2.75, 3.05) is 13.1 Å². The summed E-state index contributed by atoms with van der Waals surface area (Å²) in [4.78, 5) is 26.0. The number of nitrogens with one attached hydrogen (secondary N) is 2. The molecule has 6 aliphatic rings. The maximum Gasteiger partial charge on any atom is 0.415 e. The molecular weight excluding hydrogens is 376 g/mol. The van der Waals surface area contributed by atoms with Crippen molar-refractivity contribution in [3.8, 4) is 0 Å². The van der Waals surface area contributed by atoms with Gasteiger partial charge < -0.3 is 15.4 Å². The Balaban J connectivity index is 1.21. The number of esters is 1. The number of amides is 1. The largest absolute Gasteiger partial charge is 0.415 e. The van der Waals surface area contributed by atoms with E-state index in [2.05, 4.69) is 47.9 Å². The molecule has 30 heavy (non-hydrogen) atoms. The zero-order chi connectivity index (χ0) is 20.6. The summed E-state index contributed by atoms with van der Waals surface area (Å²) in [5, 5.41) is 6.35. The van der Waals surface area contributed by atoms with Crippen LogP contribution in [0.3, 0.4) is 0 Å². The molecular formula is C25H32N2O3. The quantitative estimate of drug-likeness (QED) is 0.588. The number of carbonyl (C=O) groups is 2. The van der Waals surface area contributed by atoms with Crippen molar-refractivity contribution in [1.82, 2.24) is 10.6 Å². The lowest BCUT2D eigenvalue weighted by molar-refractivity contribution is -0.177. The Hall–Kier alpha value is -1.88. The van der Waals surface area contributed by atoms with E-state index in [0.717, 1.165) is 58.0 Å². The predicted molar refractivity (Wildman–Crippen MR) is 113 cm³/mol. The summed E-state index contributed by atoms with van der Waals surface area (Å²) in [7, 11) is 0. The van der Waals surface area contributed by atoms with E-state index >= 15 is 0 Å². The summed E-state index contributed by atoms with van der Waals surface area (Å²) in [6.07, 6.45) is 7.59. The van der Waals surface area contributed by atoms with Crippen molar-refractivity contribution in [2.45, 2.75) is 69.7 Å². The first-order chi connectivity index (χ1) is 14.3. The first-order valence-corrected chi connectivity index (χ1v) is 11.6. The fourth-order valence-corrected chi connectivity index (χ4v) is 8.41. The van der Waals surface area contributed by atoms with Gasteiger partial charge >= 0.3 is 12.1 Å². The molecule has 6 fully saturated rings. The van der Waals surface area contributed by atoms with Gasteiger partial charge in [0, 0.05) is 18.0 Å². The highest BCUT2D eigenvalue weighted by Crippen LogP contribution is 2.70. The van der Waals surface area contributed by atoms with E-state index in [1.807, 2.05) is 0 Å². The van der Waals surface area contributed by atoms with Crippen molar-refractivity contribution in [2.24, 2.45) is 22.2 Å². The van der Waals surface area contributed by atoms with Gasteiger partial charge in [-0.05, 0) is 80.2 Å². The van der Waals surface area contributed by atoms with Crippen LogP contribution in [-0.2, 0) is 14.9 Å². The Kier molecular flexibility index (Phi) is 3.83. The third kappa shape index (κ3) is 2.77. The van der Waals surface area contributed by atoms with E-state index in [9.17, 15) is 9.59 Å². The first kappa shape index (κ1) is 18.9. The third-order valence-electron chi connectivity index (χ3n) is 9.11. The number of ether oxygens (including phenoxy) is 1. The summed E-state index contributed by atoms with van der Waals surface area (Å²) in [5.74, 6) is 0.258. The van der Waals surface area contributed by atoms with Crippen molar-refractivity contribution in [3.05, 3.63) is 35.9 Å². The molecule has 1 spiro atoms. The average molecular weight is 409 g/mol. The fourth-order valence-electron chi connectivity index (χ4n) is 8.41. The third-order valence-corrected chi connectivity index (χ3v) is 9.11. The first-order valence-electron chi connectivity index (χ1n) is 11.6. The molecule has 6 atom stereocenters. The van der Waals surface area contributed by atoms with E-state index < -0.39 is 11.5 Å². The Morgan fingerprint density at radius 2 is 1.90 bits per heavy atom. The fraction of sp³-hybridized carbons (Fsp3) is 0.680. The molecule has 5 saturated carbocycles. The molecule has 1 aromatic carbocycles. The second-order valence-corrected chi connectivity index (χ2v) is 11.6. The molecule has 1 amide bonds. The maximum atomic E-state index is 13.4. The number of rotatable bonds is 3. The maximum absolute atomic E-state index is 13.4. The topological polar surface area (TPSA) is 67.4 Å². The second kappa shape index (κ2) is 6.09. The van der Waals surface area contributed by atoms with E-state index in [0.29, 0.717) is 5.92 Å². The number of benzene rings is 1. The zero-order valence-corrected chi connectivity index (χ0v) is 17.8. The Morgan fingerprint density at radius 1 is 1.07 bits per heavy atom. The molecule has 4 bridgehead atoms. The van der Waals surface area contributed by atoms with Crippen molar-refractivity contribution in [1.29, 1.82) is 0 Å². The SMILES string of the molecule is CC12CC3CC(C(=O)OC(=O)NC4CC45CCNC5)(C1)CC(c1ccccc1)(C3)C2. The molecule has 7 rings (SSSR count). The lowest BCUT2D eigenvalue weighted by atomic mass is 9.39. The van der Waals surface area contributed by atoms with Gasteiger partial charge in [0.1, 0.15) is 0 Å². The van der Waals surface area contributed by atoms with E-state index in [4.69, 9.17) is 4.74 Å². The highest BCUT2D eigenvalue weighted by molar-refractivity contribution is 5.89. The van der Waals surface area contributed by atoms with Gasteiger partial charge in [0.15, 0.2) is 0 Å². The summed E-state index contributed by atoms with van der Waals surface area (Å²) in [6, 6.07) is 10.9.